The second kappa shape index (κ2) is 4.21. The van der Waals surface area contributed by atoms with E-state index in [-0.39, 0.29) is 11.8 Å². The molecule has 0 bridgehead atoms. The largest absolute Gasteiger partial charge is 0.494 e. The van der Waals surface area contributed by atoms with E-state index in [1.807, 2.05) is 0 Å². The molecule has 0 spiro atoms. The Balaban J connectivity index is 2.55. The summed E-state index contributed by atoms with van der Waals surface area (Å²) in [6.45, 7) is 0. The van der Waals surface area contributed by atoms with E-state index in [0.717, 1.165) is 4.57 Å². The Labute approximate surface area is 97.2 Å². The zero-order valence-corrected chi connectivity index (χ0v) is 8.82. The maximum absolute atomic E-state index is 11.3. The summed E-state index contributed by atoms with van der Waals surface area (Å²) in [6, 6.07) is 9.74. The molecule has 1 aromatic heterocycles. The van der Waals surface area contributed by atoms with Crippen LogP contribution in [0.3, 0.4) is 0 Å². The molecular formula is C12H11NO4. The summed E-state index contributed by atoms with van der Waals surface area (Å²) in [5.41, 5.74) is 0.474. The molecule has 1 unspecified atom stereocenters. The Morgan fingerprint density at radius 2 is 1.53 bits per heavy atom. The van der Waals surface area contributed by atoms with Crippen LogP contribution in [0, 0.1) is 0 Å². The maximum atomic E-state index is 11.3. The molecule has 17 heavy (non-hydrogen) atoms. The van der Waals surface area contributed by atoms with E-state index in [0.29, 0.717) is 5.56 Å². The molecule has 0 fully saturated rings. The average molecular weight is 233 g/mol. The number of hydrogen-bond acceptors (Lipinski definition) is 3. The summed E-state index contributed by atoms with van der Waals surface area (Å²) >= 11 is 0. The highest BCUT2D eigenvalue weighted by Crippen LogP contribution is 2.30. The average Bonchev–Trinajstić information content (AvgIpc) is 2.62. The van der Waals surface area contributed by atoms with Crippen LogP contribution in [0.15, 0.2) is 42.5 Å². The third kappa shape index (κ3) is 1.94. The molecule has 0 amide bonds. The van der Waals surface area contributed by atoms with Gasteiger partial charge in [-0.2, -0.15) is 0 Å². The molecule has 3 N–H and O–H groups in total. The quantitative estimate of drug-likeness (QED) is 0.751. The van der Waals surface area contributed by atoms with Crippen LogP contribution in [0.5, 0.6) is 11.8 Å². The van der Waals surface area contributed by atoms with Gasteiger partial charge in [-0.3, -0.25) is 4.57 Å². The number of aliphatic carboxylic acids is 1. The normalized spacial score (nSPS) is 12.2. The molecule has 0 radical (unpaired) electrons. The minimum absolute atomic E-state index is 0.293. The van der Waals surface area contributed by atoms with Crippen LogP contribution < -0.4 is 0 Å². The fourth-order valence-corrected chi connectivity index (χ4v) is 1.73. The molecule has 1 heterocycles. The predicted molar refractivity (Wildman–Crippen MR) is 60.0 cm³/mol. The van der Waals surface area contributed by atoms with E-state index >= 15 is 0 Å². The van der Waals surface area contributed by atoms with Gasteiger partial charge in [0.25, 0.3) is 0 Å². The molecule has 5 nitrogen and oxygen atoms in total. The molecule has 0 aliphatic heterocycles. The maximum Gasteiger partial charge on any atom is 0.331 e. The minimum atomic E-state index is -1.15. The zero-order chi connectivity index (χ0) is 12.4. The van der Waals surface area contributed by atoms with Crippen LogP contribution in [-0.4, -0.2) is 25.9 Å². The van der Waals surface area contributed by atoms with Gasteiger partial charge in [0.05, 0.1) is 0 Å². The number of carboxylic acids is 1. The SMILES string of the molecule is O=C(O)C(c1ccccc1)n1c(O)ccc1O. The Bertz CT molecular complexity index is 513. The number of carboxylic acid groups (broad SMARTS) is 1. The van der Waals surface area contributed by atoms with Gasteiger partial charge in [-0.25, -0.2) is 4.79 Å². The first-order valence-electron chi connectivity index (χ1n) is 4.98. The van der Waals surface area contributed by atoms with Crippen LogP contribution >= 0.6 is 0 Å². The highest BCUT2D eigenvalue weighted by atomic mass is 16.4. The van der Waals surface area contributed by atoms with Crippen molar-refractivity contribution in [2.45, 2.75) is 6.04 Å². The summed E-state index contributed by atoms with van der Waals surface area (Å²) in [7, 11) is 0. The lowest BCUT2D eigenvalue weighted by molar-refractivity contribution is -0.139. The van der Waals surface area contributed by atoms with Crippen LogP contribution in [-0.2, 0) is 4.79 Å². The van der Waals surface area contributed by atoms with Crippen molar-refractivity contribution < 1.29 is 20.1 Å². The summed E-state index contributed by atoms with van der Waals surface area (Å²) in [4.78, 5) is 11.3. The van der Waals surface area contributed by atoms with Gasteiger partial charge in [-0.05, 0) is 5.56 Å². The van der Waals surface area contributed by atoms with Crippen LogP contribution in [0.4, 0.5) is 0 Å². The van der Waals surface area contributed by atoms with Gasteiger partial charge in [0.1, 0.15) is 0 Å². The van der Waals surface area contributed by atoms with Gasteiger partial charge < -0.3 is 15.3 Å². The fourth-order valence-electron chi connectivity index (χ4n) is 1.73. The Hall–Kier alpha value is -2.43. The molecule has 88 valence electrons. The monoisotopic (exact) mass is 233 g/mol. The van der Waals surface area contributed by atoms with Crippen LogP contribution in [0.2, 0.25) is 0 Å². The van der Waals surface area contributed by atoms with Crippen molar-refractivity contribution in [2.24, 2.45) is 0 Å². The topological polar surface area (TPSA) is 82.7 Å². The third-order valence-corrected chi connectivity index (χ3v) is 2.48. The van der Waals surface area contributed by atoms with Gasteiger partial charge in [-0.1, -0.05) is 30.3 Å². The molecule has 2 rings (SSSR count). The molecule has 2 aromatic rings. The van der Waals surface area contributed by atoms with Crippen molar-refractivity contribution >= 4 is 5.97 Å². The Morgan fingerprint density at radius 3 is 2.00 bits per heavy atom. The standard InChI is InChI=1S/C12H11NO4/c14-9-6-7-10(15)13(9)11(12(16)17)8-4-2-1-3-5-8/h1-7,11,14-15H,(H,16,17). The molecule has 1 atom stereocenters. The van der Waals surface area contributed by atoms with Gasteiger partial charge >= 0.3 is 5.97 Å². The molecule has 0 saturated carbocycles. The Morgan fingerprint density at radius 1 is 1.00 bits per heavy atom. The van der Waals surface area contributed by atoms with Crippen molar-refractivity contribution in [3.63, 3.8) is 0 Å². The smallest absolute Gasteiger partial charge is 0.331 e. The zero-order valence-electron chi connectivity index (χ0n) is 8.82. The summed E-state index contributed by atoms with van der Waals surface area (Å²) in [5, 5.41) is 28.3. The fraction of sp³-hybridized carbons (Fsp3) is 0.0833. The number of nitrogens with zero attached hydrogens (tertiary/aromatic N) is 1. The van der Waals surface area contributed by atoms with E-state index in [1.165, 1.54) is 12.1 Å². The van der Waals surface area contributed by atoms with Crippen molar-refractivity contribution in [1.82, 2.24) is 4.57 Å². The summed E-state index contributed by atoms with van der Waals surface area (Å²) < 4.78 is 0.956. The molecule has 0 saturated heterocycles. The van der Waals surface area contributed by atoms with E-state index in [9.17, 15) is 20.1 Å². The first-order chi connectivity index (χ1) is 8.11. The lowest BCUT2D eigenvalue weighted by Crippen LogP contribution is -2.19. The first kappa shape index (κ1) is 11.1. The lowest BCUT2D eigenvalue weighted by atomic mass is 10.1. The van der Waals surface area contributed by atoms with Crippen molar-refractivity contribution in [3.8, 4) is 11.8 Å². The molecule has 1 aromatic carbocycles. The van der Waals surface area contributed by atoms with Gasteiger partial charge in [-0.15, -0.1) is 0 Å². The number of benzene rings is 1. The van der Waals surface area contributed by atoms with Gasteiger partial charge in [0.2, 0.25) is 0 Å². The highest BCUT2D eigenvalue weighted by Gasteiger charge is 2.26. The lowest BCUT2D eigenvalue weighted by Gasteiger charge is -2.16. The summed E-state index contributed by atoms with van der Waals surface area (Å²) in [6.07, 6.45) is 0. The number of aromatic nitrogens is 1. The minimum Gasteiger partial charge on any atom is -0.494 e. The van der Waals surface area contributed by atoms with Crippen molar-refractivity contribution in [1.29, 1.82) is 0 Å². The Kier molecular flexibility index (Phi) is 2.74. The molecular weight excluding hydrogens is 222 g/mol. The van der Waals surface area contributed by atoms with E-state index < -0.39 is 12.0 Å². The van der Waals surface area contributed by atoms with Crippen LogP contribution in [0.25, 0.3) is 0 Å². The predicted octanol–water partition coefficient (Wildman–Crippen LogP) is 1.57. The van der Waals surface area contributed by atoms with Crippen LogP contribution in [0.1, 0.15) is 11.6 Å². The molecule has 0 aliphatic rings. The number of rotatable bonds is 3. The second-order valence-electron chi connectivity index (χ2n) is 3.57. The van der Waals surface area contributed by atoms with Gasteiger partial charge in [0.15, 0.2) is 17.8 Å². The van der Waals surface area contributed by atoms with E-state index in [2.05, 4.69) is 0 Å². The number of hydrogen-bond donors (Lipinski definition) is 3. The highest BCUT2D eigenvalue weighted by molar-refractivity contribution is 5.76. The molecule has 5 heteroatoms. The first-order valence-corrected chi connectivity index (χ1v) is 4.98. The second-order valence-corrected chi connectivity index (χ2v) is 3.57. The molecule has 0 aliphatic carbocycles. The van der Waals surface area contributed by atoms with Crippen molar-refractivity contribution in [2.75, 3.05) is 0 Å². The van der Waals surface area contributed by atoms with Gasteiger partial charge in [0, 0.05) is 12.1 Å². The third-order valence-electron chi connectivity index (χ3n) is 2.48. The number of carbonyl (C=O) groups is 1. The summed E-state index contributed by atoms with van der Waals surface area (Å²) in [5.74, 6) is -1.74. The van der Waals surface area contributed by atoms with E-state index in [4.69, 9.17) is 0 Å². The number of aromatic hydroxyl groups is 2. The van der Waals surface area contributed by atoms with Crippen molar-refractivity contribution in [3.05, 3.63) is 48.0 Å². The van der Waals surface area contributed by atoms with E-state index in [1.54, 1.807) is 30.3 Å².